The van der Waals surface area contributed by atoms with E-state index in [9.17, 15) is 4.79 Å². The molecule has 2 aromatic rings. The van der Waals surface area contributed by atoms with Gasteiger partial charge in [-0.1, -0.05) is 0 Å². The number of nitrogens with one attached hydrogen (secondary N) is 1. The van der Waals surface area contributed by atoms with E-state index in [4.69, 9.17) is 5.26 Å². The summed E-state index contributed by atoms with van der Waals surface area (Å²) in [5.41, 5.74) is 2.40. The van der Waals surface area contributed by atoms with Gasteiger partial charge < -0.3 is 15.1 Å². The first kappa shape index (κ1) is 19.3. The van der Waals surface area contributed by atoms with E-state index in [1.807, 2.05) is 30.3 Å². The molecule has 136 valence electrons. The standard InChI is InChI=1S/C20H25N5O/c1-5-25(15(2)3)18-9-7-17(8-10-18)23-20(26)14-24(4)19-11-6-16(12-21)13-22-19/h6-11,13,15H,5,14H2,1-4H3,(H,23,26). The van der Waals surface area contributed by atoms with Crippen molar-refractivity contribution in [2.45, 2.75) is 26.8 Å². The Morgan fingerprint density at radius 1 is 1.23 bits per heavy atom. The first-order valence-corrected chi connectivity index (χ1v) is 8.68. The number of aromatic nitrogens is 1. The van der Waals surface area contributed by atoms with Gasteiger partial charge in [0, 0.05) is 37.2 Å². The largest absolute Gasteiger partial charge is 0.369 e. The van der Waals surface area contributed by atoms with E-state index >= 15 is 0 Å². The molecule has 2 rings (SSSR count). The van der Waals surface area contributed by atoms with E-state index in [0.717, 1.165) is 17.9 Å². The summed E-state index contributed by atoms with van der Waals surface area (Å²) < 4.78 is 0. The van der Waals surface area contributed by atoms with Crippen molar-refractivity contribution in [3.05, 3.63) is 48.2 Å². The predicted molar refractivity (Wildman–Crippen MR) is 105 cm³/mol. The highest BCUT2D eigenvalue weighted by Crippen LogP contribution is 2.20. The van der Waals surface area contributed by atoms with Crippen LogP contribution in [0.25, 0.3) is 0 Å². The summed E-state index contributed by atoms with van der Waals surface area (Å²) in [5, 5.41) is 11.7. The van der Waals surface area contributed by atoms with Crippen molar-refractivity contribution in [1.29, 1.82) is 5.26 Å². The highest BCUT2D eigenvalue weighted by atomic mass is 16.2. The summed E-state index contributed by atoms with van der Waals surface area (Å²) in [7, 11) is 1.79. The Hall–Kier alpha value is -3.07. The van der Waals surface area contributed by atoms with Gasteiger partial charge in [0.25, 0.3) is 0 Å². The molecule has 0 aliphatic rings. The fourth-order valence-electron chi connectivity index (χ4n) is 2.76. The molecule has 0 bridgehead atoms. The van der Waals surface area contributed by atoms with Crippen LogP contribution in [0.5, 0.6) is 0 Å². The molecule has 0 fully saturated rings. The lowest BCUT2D eigenvalue weighted by atomic mass is 10.2. The number of pyridine rings is 1. The van der Waals surface area contributed by atoms with Crippen LogP contribution in [-0.4, -0.2) is 37.1 Å². The van der Waals surface area contributed by atoms with Crippen molar-refractivity contribution < 1.29 is 4.79 Å². The van der Waals surface area contributed by atoms with Crippen molar-refractivity contribution in [1.82, 2.24) is 4.98 Å². The quantitative estimate of drug-likeness (QED) is 0.829. The molecule has 0 atom stereocenters. The number of anilines is 3. The van der Waals surface area contributed by atoms with Gasteiger partial charge in [-0.05, 0) is 57.2 Å². The zero-order valence-electron chi connectivity index (χ0n) is 15.7. The molecule has 6 heteroatoms. The molecule has 0 radical (unpaired) electrons. The summed E-state index contributed by atoms with van der Waals surface area (Å²) in [6.45, 7) is 7.56. The lowest BCUT2D eigenvalue weighted by Crippen LogP contribution is -2.31. The van der Waals surface area contributed by atoms with Gasteiger partial charge in [0.05, 0.1) is 12.1 Å². The minimum atomic E-state index is -0.123. The van der Waals surface area contributed by atoms with Gasteiger partial charge in [-0.3, -0.25) is 4.79 Å². The zero-order valence-corrected chi connectivity index (χ0v) is 15.7. The van der Waals surface area contributed by atoms with Crippen LogP contribution in [0.3, 0.4) is 0 Å². The Morgan fingerprint density at radius 3 is 2.42 bits per heavy atom. The van der Waals surface area contributed by atoms with Gasteiger partial charge in [0.2, 0.25) is 5.91 Å². The van der Waals surface area contributed by atoms with Crippen LogP contribution >= 0.6 is 0 Å². The topological polar surface area (TPSA) is 72.3 Å². The van der Waals surface area contributed by atoms with Crippen LogP contribution in [-0.2, 0) is 4.79 Å². The summed E-state index contributed by atoms with van der Waals surface area (Å²) in [4.78, 5) is 20.5. The van der Waals surface area contributed by atoms with Crippen molar-refractivity contribution in [3.63, 3.8) is 0 Å². The predicted octanol–water partition coefficient (Wildman–Crippen LogP) is 3.26. The van der Waals surface area contributed by atoms with Crippen LogP contribution in [0, 0.1) is 11.3 Å². The van der Waals surface area contributed by atoms with E-state index in [0.29, 0.717) is 17.4 Å². The Morgan fingerprint density at radius 2 is 1.92 bits per heavy atom. The molecular weight excluding hydrogens is 326 g/mol. The van der Waals surface area contributed by atoms with Crippen LogP contribution in [0.15, 0.2) is 42.6 Å². The van der Waals surface area contributed by atoms with Crippen molar-refractivity contribution >= 4 is 23.1 Å². The average molecular weight is 351 g/mol. The number of benzene rings is 1. The molecule has 0 aliphatic heterocycles. The van der Waals surface area contributed by atoms with Gasteiger partial charge in [0.1, 0.15) is 11.9 Å². The molecule has 0 spiro atoms. The Labute approximate surface area is 155 Å². The second kappa shape index (κ2) is 8.86. The number of nitrogens with zero attached hydrogens (tertiary/aromatic N) is 4. The number of carbonyl (C=O) groups excluding carboxylic acids is 1. The lowest BCUT2D eigenvalue weighted by Gasteiger charge is -2.27. The van der Waals surface area contributed by atoms with Crippen LogP contribution in [0.2, 0.25) is 0 Å². The van der Waals surface area contributed by atoms with Gasteiger partial charge in [0.15, 0.2) is 0 Å². The fourth-order valence-corrected chi connectivity index (χ4v) is 2.76. The normalized spacial score (nSPS) is 10.3. The molecule has 1 aromatic carbocycles. The maximum atomic E-state index is 12.3. The lowest BCUT2D eigenvalue weighted by molar-refractivity contribution is -0.114. The number of likely N-dealkylation sites (N-methyl/N-ethyl adjacent to an activating group) is 1. The molecule has 0 saturated carbocycles. The third kappa shape index (κ3) is 4.96. The summed E-state index contributed by atoms with van der Waals surface area (Å²) in [5.74, 6) is 0.521. The van der Waals surface area contributed by atoms with E-state index in [1.54, 1.807) is 24.1 Å². The van der Waals surface area contributed by atoms with Gasteiger partial charge in [-0.15, -0.1) is 0 Å². The number of hydrogen-bond donors (Lipinski definition) is 1. The van der Waals surface area contributed by atoms with E-state index < -0.39 is 0 Å². The smallest absolute Gasteiger partial charge is 0.243 e. The summed E-state index contributed by atoms with van der Waals surface area (Å²) >= 11 is 0. The second-order valence-electron chi connectivity index (χ2n) is 6.35. The highest BCUT2D eigenvalue weighted by molar-refractivity contribution is 5.94. The zero-order chi connectivity index (χ0) is 19.1. The molecule has 1 heterocycles. The molecule has 26 heavy (non-hydrogen) atoms. The Kier molecular flexibility index (Phi) is 6.56. The van der Waals surface area contributed by atoms with Crippen LogP contribution in [0.4, 0.5) is 17.2 Å². The number of carbonyl (C=O) groups is 1. The second-order valence-corrected chi connectivity index (χ2v) is 6.35. The average Bonchev–Trinajstić information content (AvgIpc) is 2.63. The molecule has 0 aliphatic carbocycles. The van der Waals surface area contributed by atoms with Crippen molar-refractivity contribution in [3.8, 4) is 6.07 Å². The molecular formula is C20H25N5O. The number of amides is 1. The molecule has 1 N–H and O–H groups in total. The third-order valence-electron chi connectivity index (χ3n) is 4.10. The highest BCUT2D eigenvalue weighted by Gasteiger charge is 2.11. The van der Waals surface area contributed by atoms with Gasteiger partial charge >= 0.3 is 0 Å². The summed E-state index contributed by atoms with van der Waals surface area (Å²) in [6.07, 6.45) is 1.50. The van der Waals surface area contributed by atoms with Crippen molar-refractivity contribution in [2.24, 2.45) is 0 Å². The van der Waals surface area contributed by atoms with Crippen LogP contribution < -0.4 is 15.1 Å². The third-order valence-corrected chi connectivity index (χ3v) is 4.10. The maximum Gasteiger partial charge on any atom is 0.243 e. The fraction of sp³-hybridized carbons (Fsp3) is 0.350. The number of nitriles is 1. The SMILES string of the molecule is CCN(c1ccc(NC(=O)CN(C)c2ccc(C#N)cn2)cc1)C(C)C. The minimum absolute atomic E-state index is 0.123. The van der Waals surface area contributed by atoms with E-state index in [-0.39, 0.29) is 12.5 Å². The van der Waals surface area contributed by atoms with Crippen molar-refractivity contribution in [2.75, 3.05) is 35.3 Å². The van der Waals surface area contributed by atoms with Crippen LogP contribution in [0.1, 0.15) is 26.3 Å². The number of hydrogen-bond acceptors (Lipinski definition) is 5. The molecule has 0 unspecified atom stereocenters. The molecule has 0 saturated heterocycles. The first-order valence-electron chi connectivity index (χ1n) is 8.68. The Bertz CT molecular complexity index is 762. The maximum absolute atomic E-state index is 12.3. The Balaban J connectivity index is 1.95. The molecule has 1 aromatic heterocycles. The van der Waals surface area contributed by atoms with E-state index in [2.05, 4.69) is 36.0 Å². The first-order chi connectivity index (χ1) is 12.4. The monoisotopic (exact) mass is 351 g/mol. The van der Waals surface area contributed by atoms with E-state index in [1.165, 1.54) is 6.20 Å². The molecule has 6 nitrogen and oxygen atoms in total. The molecule has 1 amide bonds. The van der Waals surface area contributed by atoms with Gasteiger partial charge in [-0.25, -0.2) is 4.98 Å². The minimum Gasteiger partial charge on any atom is -0.369 e. The number of rotatable bonds is 7. The summed E-state index contributed by atoms with van der Waals surface area (Å²) in [6, 6.07) is 13.7. The van der Waals surface area contributed by atoms with Gasteiger partial charge in [-0.2, -0.15) is 5.26 Å².